The van der Waals surface area contributed by atoms with Crippen molar-refractivity contribution in [2.24, 2.45) is 0 Å². The van der Waals surface area contributed by atoms with Crippen LogP contribution in [0.25, 0.3) is 10.7 Å². The Kier molecular flexibility index (Phi) is 6.79. The molecule has 0 spiro atoms. The van der Waals surface area contributed by atoms with Crippen LogP contribution in [0.4, 0.5) is 4.39 Å². The summed E-state index contributed by atoms with van der Waals surface area (Å²) in [5, 5.41) is 9.12. The largest absolute Gasteiger partial charge is 0.494 e. The predicted octanol–water partition coefficient (Wildman–Crippen LogP) is 3.55. The maximum atomic E-state index is 13.9. The SMILES string of the molecule is COc1ccc(CN2CCN(C(=O)CCn3c(-c4cccs4)n[nH]c3=S)CC2)cc1F. The first-order chi connectivity index (χ1) is 15.0. The van der Waals surface area contributed by atoms with Crippen LogP contribution in [0, 0.1) is 10.6 Å². The molecule has 1 aliphatic heterocycles. The molecule has 10 heteroatoms. The summed E-state index contributed by atoms with van der Waals surface area (Å²) in [6.07, 6.45) is 0.371. The van der Waals surface area contributed by atoms with Gasteiger partial charge in [-0.3, -0.25) is 19.4 Å². The fourth-order valence-corrected chi connectivity index (χ4v) is 4.65. The molecule has 0 saturated carbocycles. The van der Waals surface area contributed by atoms with Crippen molar-refractivity contribution in [1.82, 2.24) is 24.6 Å². The van der Waals surface area contributed by atoms with Gasteiger partial charge in [-0.2, -0.15) is 5.10 Å². The van der Waals surface area contributed by atoms with Crippen LogP contribution in [-0.2, 0) is 17.9 Å². The summed E-state index contributed by atoms with van der Waals surface area (Å²) < 4.78 is 21.3. The van der Waals surface area contributed by atoms with Crippen LogP contribution < -0.4 is 4.74 Å². The maximum absolute atomic E-state index is 13.9. The van der Waals surface area contributed by atoms with Gasteiger partial charge in [-0.25, -0.2) is 4.39 Å². The first-order valence-electron chi connectivity index (χ1n) is 10.1. The van der Waals surface area contributed by atoms with E-state index in [0.29, 0.717) is 37.4 Å². The van der Waals surface area contributed by atoms with Crippen molar-refractivity contribution < 1.29 is 13.9 Å². The number of amides is 1. The van der Waals surface area contributed by atoms with Gasteiger partial charge < -0.3 is 9.64 Å². The van der Waals surface area contributed by atoms with Gasteiger partial charge >= 0.3 is 0 Å². The smallest absolute Gasteiger partial charge is 0.224 e. The lowest BCUT2D eigenvalue weighted by atomic mass is 10.1. The second-order valence-electron chi connectivity index (χ2n) is 7.36. The molecule has 1 aliphatic rings. The molecule has 0 radical (unpaired) electrons. The number of ether oxygens (including phenoxy) is 1. The van der Waals surface area contributed by atoms with Crippen LogP contribution in [0.3, 0.4) is 0 Å². The number of methoxy groups -OCH3 is 1. The number of nitrogens with one attached hydrogen (secondary N) is 1. The van der Waals surface area contributed by atoms with Crippen molar-refractivity contribution in [3.63, 3.8) is 0 Å². The molecule has 0 atom stereocenters. The minimum Gasteiger partial charge on any atom is -0.494 e. The third kappa shape index (κ3) is 5.03. The maximum Gasteiger partial charge on any atom is 0.224 e. The van der Waals surface area contributed by atoms with Gasteiger partial charge in [0.15, 0.2) is 22.2 Å². The molecule has 164 valence electrons. The third-order valence-corrected chi connectivity index (χ3v) is 6.57. The van der Waals surface area contributed by atoms with E-state index in [4.69, 9.17) is 17.0 Å². The number of nitrogens with zero attached hydrogens (tertiary/aromatic N) is 4. The summed E-state index contributed by atoms with van der Waals surface area (Å²) in [4.78, 5) is 17.9. The van der Waals surface area contributed by atoms with Gasteiger partial charge in [0, 0.05) is 45.7 Å². The standard InChI is InChI=1S/C21H24FN5O2S2/c1-29-17-5-4-15(13-16(17)22)14-25-8-10-26(11-9-25)19(28)6-7-27-20(23-24-21(27)30)18-3-2-12-31-18/h2-5,12-13H,6-11,14H2,1H3,(H,24,30). The molecular weight excluding hydrogens is 437 g/mol. The van der Waals surface area contributed by atoms with Gasteiger partial charge in [0.05, 0.1) is 12.0 Å². The topological polar surface area (TPSA) is 66.4 Å². The van der Waals surface area contributed by atoms with E-state index in [0.717, 1.165) is 29.4 Å². The van der Waals surface area contributed by atoms with Crippen molar-refractivity contribution in [2.75, 3.05) is 33.3 Å². The fraction of sp³-hybridized carbons (Fsp3) is 0.381. The van der Waals surface area contributed by atoms with Gasteiger partial charge in [-0.15, -0.1) is 11.3 Å². The monoisotopic (exact) mass is 461 g/mol. The molecular formula is C21H24FN5O2S2. The van der Waals surface area contributed by atoms with Crippen LogP contribution in [0.15, 0.2) is 35.7 Å². The molecule has 1 saturated heterocycles. The van der Waals surface area contributed by atoms with Crippen LogP contribution >= 0.6 is 23.6 Å². The highest BCUT2D eigenvalue weighted by Gasteiger charge is 2.22. The summed E-state index contributed by atoms with van der Waals surface area (Å²) in [5.74, 6) is 0.771. The minimum absolute atomic E-state index is 0.107. The summed E-state index contributed by atoms with van der Waals surface area (Å²) in [6.45, 7) is 3.97. The van der Waals surface area contributed by atoms with E-state index in [1.54, 1.807) is 17.4 Å². The lowest BCUT2D eigenvalue weighted by Gasteiger charge is -2.35. The summed E-state index contributed by atoms with van der Waals surface area (Å²) in [6, 6.07) is 8.99. The number of thiophene rings is 1. The molecule has 31 heavy (non-hydrogen) atoms. The van der Waals surface area contributed by atoms with Crippen LogP contribution in [0.1, 0.15) is 12.0 Å². The van der Waals surface area contributed by atoms with Crippen LogP contribution in [-0.4, -0.2) is 63.8 Å². The van der Waals surface area contributed by atoms with E-state index in [1.807, 2.05) is 33.0 Å². The van der Waals surface area contributed by atoms with E-state index in [2.05, 4.69) is 15.1 Å². The molecule has 0 bridgehead atoms. The Morgan fingerprint density at radius 3 is 2.77 bits per heavy atom. The minimum atomic E-state index is -0.353. The predicted molar refractivity (Wildman–Crippen MR) is 120 cm³/mol. The number of hydrogen-bond acceptors (Lipinski definition) is 6. The van der Waals surface area contributed by atoms with E-state index in [9.17, 15) is 9.18 Å². The third-order valence-electron chi connectivity index (χ3n) is 5.40. The van der Waals surface area contributed by atoms with Crippen molar-refractivity contribution >= 4 is 29.5 Å². The number of halogens is 1. The van der Waals surface area contributed by atoms with Gasteiger partial charge in [-0.1, -0.05) is 12.1 Å². The normalized spacial score (nSPS) is 14.7. The zero-order valence-electron chi connectivity index (χ0n) is 17.2. The van der Waals surface area contributed by atoms with Gasteiger partial charge in [-0.05, 0) is 41.4 Å². The van der Waals surface area contributed by atoms with Crippen molar-refractivity contribution in [3.05, 3.63) is 51.9 Å². The van der Waals surface area contributed by atoms with E-state index in [1.165, 1.54) is 13.2 Å². The lowest BCUT2D eigenvalue weighted by Crippen LogP contribution is -2.48. The van der Waals surface area contributed by atoms with Crippen LogP contribution in [0.2, 0.25) is 0 Å². The molecule has 2 aromatic heterocycles. The second kappa shape index (κ2) is 9.71. The van der Waals surface area contributed by atoms with Gasteiger partial charge in [0.1, 0.15) is 0 Å². The quantitative estimate of drug-likeness (QED) is 0.545. The number of aromatic amines is 1. The second-order valence-corrected chi connectivity index (χ2v) is 8.69. The Morgan fingerprint density at radius 2 is 2.10 bits per heavy atom. The number of H-pyrrole nitrogens is 1. The molecule has 1 N–H and O–H groups in total. The number of piperazine rings is 1. The molecule has 1 amide bonds. The summed E-state index contributed by atoms with van der Waals surface area (Å²) in [5.41, 5.74) is 0.897. The Bertz CT molecular complexity index is 1090. The summed E-state index contributed by atoms with van der Waals surface area (Å²) in [7, 11) is 1.46. The van der Waals surface area contributed by atoms with E-state index < -0.39 is 0 Å². The molecule has 1 aromatic carbocycles. The lowest BCUT2D eigenvalue weighted by molar-refractivity contribution is -0.133. The molecule has 1 fully saturated rings. The first kappa shape index (κ1) is 21.7. The molecule has 7 nitrogen and oxygen atoms in total. The van der Waals surface area contributed by atoms with Gasteiger partial charge in [0.2, 0.25) is 5.91 Å². The zero-order valence-corrected chi connectivity index (χ0v) is 18.8. The van der Waals surface area contributed by atoms with E-state index >= 15 is 0 Å². The van der Waals surface area contributed by atoms with Gasteiger partial charge in [0.25, 0.3) is 0 Å². The van der Waals surface area contributed by atoms with Crippen molar-refractivity contribution in [3.8, 4) is 16.5 Å². The van der Waals surface area contributed by atoms with Crippen LogP contribution in [0.5, 0.6) is 5.75 Å². The Morgan fingerprint density at radius 1 is 1.29 bits per heavy atom. The highest BCUT2D eigenvalue weighted by Crippen LogP contribution is 2.23. The number of carbonyl (C=O) groups excluding carboxylic acids is 1. The number of benzene rings is 1. The Hall–Kier alpha value is -2.56. The molecule has 4 rings (SSSR count). The fourth-order valence-electron chi connectivity index (χ4n) is 3.71. The average molecular weight is 462 g/mol. The number of hydrogen-bond donors (Lipinski definition) is 1. The number of carbonyl (C=O) groups is 1. The highest BCUT2D eigenvalue weighted by molar-refractivity contribution is 7.71. The number of rotatable bonds is 7. The first-order valence-corrected chi connectivity index (χ1v) is 11.4. The van der Waals surface area contributed by atoms with Crippen molar-refractivity contribution in [1.29, 1.82) is 0 Å². The molecule has 3 aromatic rings. The molecule has 0 aliphatic carbocycles. The Balaban J connectivity index is 1.29. The summed E-state index contributed by atoms with van der Waals surface area (Å²) >= 11 is 6.93. The number of aromatic nitrogens is 3. The van der Waals surface area contributed by atoms with Crippen molar-refractivity contribution in [2.45, 2.75) is 19.5 Å². The highest BCUT2D eigenvalue weighted by atomic mass is 32.1. The average Bonchev–Trinajstić information content (AvgIpc) is 3.42. The Labute approximate surface area is 189 Å². The molecule has 3 heterocycles. The molecule has 0 unspecified atom stereocenters. The zero-order chi connectivity index (χ0) is 21.8. The van der Waals surface area contributed by atoms with E-state index in [-0.39, 0.29) is 17.5 Å².